The molecule has 1 saturated heterocycles. The lowest BCUT2D eigenvalue weighted by Gasteiger charge is -2.11. The van der Waals surface area contributed by atoms with Crippen LogP contribution < -0.4 is 10.6 Å². The van der Waals surface area contributed by atoms with E-state index in [0.717, 1.165) is 0 Å². The van der Waals surface area contributed by atoms with Gasteiger partial charge in [-0.1, -0.05) is 6.07 Å². The van der Waals surface area contributed by atoms with Crippen LogP contribution in [0.4, 0.5) is 5.69 Å². The molecule has 0 unspecified atom stereocenters. The van der Waals surface area contributed by atoms with Crippen LogP contribution in [0, 0.1) is 0 Å². The first kappa shape index (κ1) is 16.7. The van der Waals surface area contributed by atoms with Crippen molar-refractivity contribution in [2.24, 2.45) is 0 Å². The summed E-state index contributed by atoms with van der Waals surface area (Å²) in [6, 6.07) is 9.69. The van der Waals surface area contributed by atoms with Crippen LogP contribution in [0.25, 0.3) is 0 Å². The number of thiophene rings is 1. The molecular weight excluding hydrogens is 348 g/mol. The second-order valence-corrected chi connectivity index (χ2v) is 8.76. The van der Waals surface area contributed by atoms with Crippen LogP contribution in [0.3, 0.4) is 0 Å². The van der Waals surface area contributed by atoms with Crippen LogP contribution in [0.2, 0.25) is 0 Å². The Kier molecular flexibility index (Phi) is 4.68. The Morgan fingerprint density at radius 1 is 1.08 bits per heavy atom. The lowest BCUT2D eigenvalue weighted by atomic mass is 10.1. The van der Waals surface area contributed by atoms with Crippen molar-refractivity contribution in [2.75, 3.05) is 16.8 Å². The number of rotatable bonds is 4. The Labute approximate surface area is 143 Å². The molecule has 0 saturated carbocycles. The first-order valence-corrected chi connectivity index (χ1v) is 10.1. The number of hydrogen-bond donors (Lipinski definition) is 2. The highest BCUT2D eigenvalue weighted by Gasteiger charge is 2.29. The Morgan fingerprint density at radius 3 is 2.42 bits per heavy atom. The predicted molar refractivity (Wildman–Crippen MR) is 93.2 cm³/mol. The van der Waals surface area contributed by atoms with Crippen molar-refractivity contribution in [2.45, 2.75) is 12.5 Å². The second-order valence-electron chi connectivity index (χ2n) is 5.58. The van der Waals surface area contributed by atoms with Crippen molar-refractivity contribution in [3.8, 4) is 0 Å². The third-order valence-corrected chi connectivity index (χ3v) is 6.35. The van der Waals surface area contributed by atoms with E-state index in [1.165, 1.54) is 11.3 Å². The van der Waals surface area contributed by atoms with Crippen LogP contribution in [0.1, 0.15) is 26.5 Å². The molecule has 0 spiro atoms. The SMILES string of the molecule is O=C(N[C@H]1CCS(=O)(=O)C1)c1ccc(NC(=O)c2cccs2)cc1. The summed E-state index contributed by atoms with van der Waals surface area (Å²) in [4.78, 5) is 24.7. The minimum atomic E-state index is -3.03. The van der Waals surface area contributed by atoms with Gasteiger partial charge in [0.1, 0.15) is 0 Å². The van der Waals surface area contributed by atoms with Gasteiger partial charge < -0.3 is 10.6 Å². The fourth-order valence-corrected chi connectivity index (χ4v) is 4.78. The first-order chi connectivity index (χ1) is 11.4. The fraction of sp³-hybridized carbons (Fsp3) is 0.250. The highest BCUT2D eigenvalue weighted by atomic mass is 32.2. The summed E-state index contributed by atoms with van der Waals surface area (Å²) in [6.07, 6.45) is 0.447. The van der Waals surface area contributed by atoms with E-state index in [2.05, 4.69) is 10.6 Å². The van der Waals surface area contributed by atoms with Crippen molar-refractivity contribution in [1.29, 1.82) is 0 Å². The molecule has 8 heteroatoms. The summed E-state index contributed by atoms with van der Waals surface area (Å²) in [5, 5.41) is 7.31. The Morgan fingerprint density at radius 2 is 1.83 bits per heavy atom. The Balaban J connectivity index is 1.60. The number of hydrogen-bond acceptors (Lipinski definition) is 5. The Bertz CT molecular complexity index is 843. The van der Waals surface area contributed by atoms with Gasteiger partial charge in [-0.25, -0.2) is 8.42 Å². The number of sulfone groups is 1. The molecule has 3 rings (SSSR count). The summed E-state index contributed by atoms with van der Waals surface area (Å²) in [7, 11) is -3.03. The molecule has 2 amide bonds. The molecule has 2 N–H and O–H groups in total. The summed E-state index contributed by atoms with van der Waals surface area (Å²) >= 11 is 1.35. The molecule has 126 valence electrons. The highest BCUT2D eigenvalue weighted by molar-refractivity contribution is 7.91. The largest absolute Gasteiger partial charge is 0.348 e. The molecular formula is C16H16N2O4S2. The molecule has 1 aliphatic rings. The zero-order valence-electron chi connectivity index (χ0n) is 12.7. The van der Waals surface area contributed by atoms with E-state index >= 15 is 0 Å². The standard InChI is InChI=1S/C16H16N2O4S2/c19-15(18-13-7-9-24(21,22)10-13)11-3-5-12(6-4-11)17-16(20)14-2-1-8-23-14/h1-6,8,13H,7,9-10H2,(H,17,20)(H,18,19)/t13-/m0/s1. The number of carbonyl (C=O) groups excluding carboxylic acids is 2. The minimum Gasteiger partial charge on any atom is -0.348 e. The average Bonchev–Trinajstić information content (AvgIpc) is 3.17. The van der Waals surface area contributed by atoms with E-state index in [-0.39, 0.29) is 29.4 Å². The molecule has 0 radical (unpaired) electrons. The zero-order chi connectivity index (χ0) is 17.2. The number of benzene rings is 1. The third-order valence-electron chi connectivity index (χ3n) is 3.72. The fourth-order valence-electron chi connectivity index (χ4n) is 2.48. The van der Waals surface area contributed by atoms with Gasteiger partial charge in [0.2, 0.25) is 0 Å². The van der Waals surface area contributed by atoms with E-state index in [0.29, 0.717) is 22.5 Å². The van der Waals surface area contributed by atoms with Gasteiger partial charge in [-0.15, -0.1) is 11.3 Å². The topological polar surface area (TPSA) is 92.3 Å². The molecule has 2 aromatic rings. The van der Waals surface area contributed by atoms with Crippen LogP contribution in [-0.4, -0.2) is 37.8 Å². The van der Waals surface area contributed by atoms with E-state index in [1.807, 2.05) is 5.38 Å². The van der Waals surface area contributed by atoms with E-state index < -0.39 is 9.84 Å². The van der Waals surface area contributed by atoms with Crippen LogP contribution in [0.15, 0.2) is 41.8 Å². The van der Waals surface area contributed by atoms with E-state index in [4.69, 9.17) is 0 Å². The molecule has 1 aromatic heterocycles. The van der Waals surface area contributed by atoms with E-state index in [9.17, 15) is 18.0 Å². The van der Waals surface area contributed by atoms with Crippen LogP contribution in [-0.2, 0) is 9.84 Å². The maximum Gasteiger partial charge on any atom is 0.265 e. The molecule has 2 heterocycles. The van der Waals surface area contributed by atoms with Gasteiger partial charge in [-0.05, 0) is 42.1 Å². The van der Waals surface area contributed by atoms with E-state index in [1.54, 1.807) is 36.4 Å². The summed E-state index contributed by atoms with van der Waals surface area (Å²) < 4.78 is 22.8. The van der Waals surface area contributed by atoms with Gasteiger partial charge in [0.15, 0.2) is 9.84 Å². The van der Waals surface area contributed by atoms with Crippen molar-refractivity contribution in [3.63, 3.8) is 0 Å². The molecule has 1 aromatic carbocycles. The van der Waals surface area contributed by atoms with Gasteiger partial charge in [0.05, 0.1) is 16.4 Å². The smallest absolute Gasteiger partial charge is 0.265 e. The van der Waals surface area contributed by atoms with Crippen LogP contribution in [0.5, 0.6) is 0 Å². The molecule has 1 atom stereocenters. The average molecular weight is 364 g/mol. The first-order valence-electron chi connectivity index (χ1n) is 7.39. The second kappa shape index (κ2) is 6.74. The van der Waals surface area contributed by atoms with Crippen molar-refractivity contribution in [3.05, 3.63) is 52.2 Å². The summed E-state index contributed by atoms with van der Waals surface area (Å²) in [6.45, 7) is 0. The Hall–Kier alpha value is -2.19. The summed E-state index contributed by atoms with van der Waals surface area (Å²) in [5.74, 6) is -0.397. The molecule has 0 aliphatic carbocycles. The monoisotopic (exact) mass is 364 g/mol. The van der Waals surface area contributed by atoms with Gasteiger partial charge in [-0.3, -0.25) is 9.59 Å². The molecule has 24 heavy (non-hydrogen) atoms. The van der Waals surface area contributed by atoms with Gasteiger partial charge >= 0.3 is 0 Å². The van der Waals surface area contributed by atoms with Crippen LogP contribution >= 0.6 is 11.3 Å². The van der Waals surface area contributed by atoms with Gasteiger partial charge in [-0.2, -0.15) is 0 Å². The lowest BCUT2D eigenvalue weighted by molar-refractivity contribution is 0.0940. The maximum absolute atomic E-state index is 12.1. The predicted octanol–water partition coefficient (Wildman–Crippen LogP) is 1.92. The number of nitrogens with one attached hydrogen (secondary N) is 2. The quantitative estimate of drug-likeness (QED) is 0.867. The molecule has 0 bridgehead atoms. The molecule has 1 fully saturated rings. The highest BCUT2D eigenvalue weighted by Crippen LogP contribution is 2.15. The number of amides is 2. The van der Waals surface area contributed by atoms with Crippen molar-refractivity contribution in [1.82, 2.24) is 5.32 Å². The molecule has 6 nitrogen and oxygen atoms in total. The molecule has 1 aliphatic heterocycles. The number of carbonyl (C=O) groups is 2. The van der Waals surface area contributed by atoms with Crippen molar-refractivity contribution >= 4 is 38.7 Å². The minimum absolute atomic E-state index is 0.00626. The van der Waals surface area contributed by atoms with Gasteiger partial charge in [0.25, 0.3) is 11.8 Å². The normalized spacial score (nSPS) is 18.9. The number of anilines is 1. The third kappa shape index (κ3) is 4.01. The zero-order valence-corrected chi connectivity index (χ0v) is 14.3. The van der Waals surface area contributed by atoms with Gasteiger partial charge in [0, 0.05) is 17.3 Å². The summed E-state index contributed by atoms with van der Waals surface area (Å²) in [5.41, 5.74) is 1.02. The van der Waals surface area contributed by atoms with Crippen molar-refractivity contribution < 1.29 is 18.0 Å². The maximum atomic E-state index is 12.1. The lowest BCUT2D eigenvalue weighted by Crippen LogP contribution is -2.35.